The van der Waals surface area contributed by atoms with Gasteiger partial charge in [0.05, 0.1) is 18.8 Å². The molecule has 118 valence electrons. The zero-order valence-corrected chi connectivity index (χ0v) is 12.3. The van der Waals surface area contributed by atoms with Crippen molar-refractivity contribution in [3.63, 3.8) is 0 Å². The van der Waals surface area contributed by atoms with Crippen LogP contribution in [0.1, 0.15) is 22.9 Å². The van der Waals surface area contributed by atoms with Crippen LogP contribution < -0.4 is 5.32 Å². The predicted octanol–water partition coefficient (Wildman–Crippen LogP) is 3.28. The quantitative estimate of drug-likeness (QED) is 0.543. The Morgan fingerprint density at radius 1 is 0.870 bits per heavy atom. The van der Waals surface area contributed by atoms with Crippen LogP contribution in [0.25, 0.3) is 0 Å². The van der Waals surface area contributed by atoms with Gasteiger partial charge in [-0.05, 0) is 29.8 Å². The maximum atomic E-state index is 10.2. The Balaban J connectivity index is 1.96. The number of phenols is 3. The van der Waals surface area contributed by atoms with Gasteiger partial charge in [0, 0.05) is 5.56 Å². The number of rotatable bonds is 5. The molecule has 0 aliphatic rings. The average molecular weight is 311 g/mol. The van der Waals surface area contributed by atoms with Crippen molar-refractivity contribution in [2.75, 3.05) is 0 Å². The highest BCUT2D eigenvalue weighted by Gasteiger charge is 2.21. The molecule has 3 aromatic rings. The molecule has 23 heavy (non-hydrogen) atoms. The van der Waals surface area contributed by atoms with E-state index < -0.39 is 5.75 Å². The van der Waals surface area contributed by atoms with Crippen LogP contribution in [0.2, 0.25) is 0 Å². The van der Waals surface area contributed by atoms with Crippen LogP contribution in [-0.2, 0) is 6.54 Å². The molecule has 2 aromatic carbocycles. The van der Waals surface area contributed by atoms with Crippen LogP contribution in [0.4, 0.5) is 0 Å². The molecule has 0 saturated carbocycles. The van der Waals surface area contributed by atoms with Crippen molar-refractivity contribution < 1.29 is 19.7 Å². The predicted molar refractivity (Wildman–Crippen MR) is 85.3 cm³/mol. The number of benzene rings is 2. The molecule has 0 amide bonds. The van der Waals surface area contributed by atoms with Gasteiger partial charge in [-0.15, -0.1) is 0 Å². The van der Waals surface area contributed by atoms with E-state index in [-0.39, 0.29) is 17.5 Å². The summed E-state index contributed by atoms with van der Waals surface area (Å²) >= 11 is 0. The lowest BCUT2D eigenvalue weighted by molar-refractivity contribution is 0.361. The average Bonchev–Trinajstić information content (AvgIpc) is 3.09. The Bertz CT molecular complexity index is 769. The summed E-state index contributed by atoms with van der Waals surface area (Å²) in [5, 5.41) is 32.8. The highest BCUT2D eigenvalue weighted by molar-refractivity contribution is 5.55. The third-order valence-corrected chi connectivity index (χ3v) is 3.67. The van der Waals surface area contributed by atoms with Crippen molar-refractivity contribution in [3.8, 4) is 17.2 Å². The van der Waals surface area contributed by atoms with Gasteiger partial charge in [-0.3, -0.25) is 5.32 Å². The first-order chi connectivity index (χ1) is 11.2. The Morgan fingerprint density at radius 3 is 2.35 bits per heavy atom. The fourth-order valence-electron chi connectivity index (χ4n) is 2.49. The molecule has 0 bridgehead atoms. The molecule has 0 radical (unpaired) electrons. The first kappa shape index (κ1) is 15.0. The molecule has 5 nitrogen and oxygen atoms in total. The zero-order chi connectivity index (χ0) is 16.2. The first-order valence-electron chi connectivity index (χ1n) is 7.21. The highest BCUT2D eigenvalue weighted by Crippen LogP contribution is 2.41. The van der Waals surface area contributed by atoms with Crippen LogP contribution in [0.3, 0.4) is 0 Å². The molecule has 0 aliphatic heterocycles. The van der Waals surface area contributed by atoms with E-state index >= 15 is 0 Å². The molecule has 4 N–H and O–H groups in total. The fraction of sp³-hybridized carbons (Fsp3) is 0.111. The molecule has 0 spiro atoms. The van der Waals surface area contributed by atoms with Crippen LogP contribution in [-0.4, -0.2) is 15.3 Å². The van der Waals surface area contributed by atoms with Gasteiger partial charge in [0.15, 0.2) is 11.5 Å². The van der Waals surface area contributed by atoms with Crippen molar-refractivity contribution in [2.24, 2.45) is 0 Å². The van der Waals surface area contributed by atoms with E-state index in [0.717, 1.165) is 11.3 Å². The summed E-state index contributed by atoms with van der Waals surface area (Å²) in [4.78, 5) is 0. The van der Waals surface area contributed by atoms with Crippen LogP contribution in [0, 0.1) is 0 Å². The SMILES string of the molecule is Oc1ccc(C(NCc2ccco2)c2ccccc2)c(O)c1O. The minimum atomic E-state index is -0.525. The van der Waals surface area contributed by atoms with E-state index in [1.54, 1.807) is 18.4 Å². The van der Waals surface area contributed by atoms with Gasteiger partial charge in [-0.1, -0.05) is 30.3 Å². The van der Waals surface area contributed by atoms with E-state index in [9.17, 15) is 15.3 Å². The number of nitrogens with one attached hydrogen (secondary N) is 1. The third-order valence-electron chi connectivity index (χ3n) is 3.67. The molecule has 1 aromatic heterocycles. The lowest BCUT2D eigenvalue weighted by Gasteiger charge is -2.21. The van der Waals surface area contributed by atoms with E-state index in [1.807, 2.05) is 36.4 Å². The van der Waals surface area contributed by atoms with E-state index in [1.165, 1.54) is 6.07 Å². The number of furan rings is 1. The summed E-state index contributed by atoms with van der Waals surface area (Å²) < 4.78 is 5.31. The van der Waals surface area contributed by atoms with Gasteiger partial charge >= 0.3 is 0 Å². The van der Waals surface area contributed by atoms with Gasteiger partial charge in [-0.25, -0.2) is 0 Å². The molecule has 3 rings (SSSR count). The maximum absolute atomic E-state index is 10.2. The van der Waals surface area contributed by atoms with Crippen LogP contribution in [0.5, 0.6) is 17.2 Å². The molecule has 1 heterocycles. The first-order valence-corrected chi connectivity index (χ1v) is 7.21. The fourth-order valence-corrected chi connectivity index (χ4v) is 2.49. The van der Waals surface area contributed by atoms with Gasteiger partial charge in [0.25, 0.3) is 0 Å². The highest BCUT2D eigenvalue weighted by atomic mass is 16.3. The van der Waals surface area contributed by atoms with Crippen LogP contribution >= 0.6 is 0 Å². The van der Waals surface area contributed by atoms with Crippen molar-refractivity contribution in [2.45, 2.75) is 12.6 Å². The second kappa shape index (κ2) is 6.46. The summed E-state index contributed by atoms with van der Waals surface area (Å²) in [6.07, 6.45) is 1.60. The molecule has 0 saturated heterocycles. The zero-order valence-electron chi connectivity index (χ0n) is 12.3. The Hall–Kier alpha value is -2.92. The normalized spacial score (nSPS) is 12.2. The lowest BCUT2D eigenvalue weighted by atomic mass is 9.97. The summed E-state index contributed by atoms with van der Waals surface area (Å²) in [5.41, 5.74) is 1.39. The molecule has 5 heteroatoms. The Labute approximate surface area is 133 Å². The Kier molecular flexibility index (Phi) is 4.21. The topological polar surface area (TPSA) is 85.9 Å². The second-order valence-electron chi connectivity index (χ2n) is 5.18. The van der Waals surface area contributed by atoms with Gasteiger partial charge in [0.1, 0.15) is 5.76 Å². The minimum absolute atomic E-state index is 0.342. The van der Waals surface area contributed by atoms with Crippen molar-refractivity contribution in [1.82, 2.24) is 5.32 Å². The minimum Gasteiger partial charge on any atom is -0.504 e. The third kappa shape index (κ3) is 3.14. The number of hydrogen-bond acceptors (Lipinski definition) is 5. The molecular weight excluding hydrogens is 294 g/mol. The second-order valence-corrected chi connectivity index (χ2v) is 5.18. The molecule has 0 fully saturated rings. The number of aromatic hydroxyl groups is 3. The van der Waals surface area contributed by atoms with E-state index in [0.29, 0.717) is 12.1 Å². The number of hydrogen-bond donors (Lipinski definition) is 4. The molecule has 1 atom stereocenters. The smallest absolute Gasteiger partial charge is 0.200 e. The summed E-state index contributed by atoms with van der Waals surface area (Å²) in [7, 11) is 0. The van der Waals surface area contributed by atoms with E-state index in [4.69, 9.17) is 4.42 Å². The standard InChI is InChI=1S/C18H17NO4/c20-15-9-8-14(17(21)18(15)22)16(12-5-2-1-3-6-12)19-11-13-7-4-10-23-13/h1-10,16,19-22H,11H2. The Morgan fingerprint density at radius 2 is 1.65 bits per heavy atom. The van der Waals surface area contributed by atoms with Gasteiger partial charge < -0.3 is 19.7 Å². The summed E-state index contributed by atoms with van der Waals surface area (Å²) in [5.74, 6) is -0.466. The molecular formula is C18H17NO4. The molecule has 1 unspecified atom stereocenters. The lowest BCUT2D eigenvalue weighted by Crippen LogP contribution is -2.22. The van der Waals surface area contributed by atoms with Crippen molar-refractivity contribution >= 4 is 0 Å². The number of phenolic OH excluding ortho intramolecular Hbond substituents is 3. The van der Waals surface area contributed by atoms with Crippen molar-refractivity contribution in [3.05, 3.63) is 77.7 Å². The van der Waals surface area contributed by atoms with Crippen molar-refractivity contribution in [1.29, 1.82) is 0 Å². The molecule has 0 aliphatic carbocycles. The summed E-state index contributed by atoms with van der Waals surface area (Å²) in [6.45, 7) is 0.452. The van der Waals surface area contributed by atoms with Gasteiger partial charge in [0.2, 0.25) is 5.75 Å². The van der Waals surface area contributed by atoms with Crippen LogP contribution in [0.15, 0.2) is 65.3 Å². The maximum Gasteiger partial charge on any atom is 0.200 e. The largest absolute Gasteiger partial charge is 0.504 e. The summed E-state index contributed by atoms with van der Waals surface area (Å²) in [6, 6.07) is 15.8. The van der Waals surface area contributed by atoms with Gasteiger partial charge in [-0.2, -0.15) is 0 Å². The van der Waals surface area contributed by atoms with E-state index in [2.05, 4.69) is 5.32 Å². The monoisotopic (exact) mass is 311 g/mol.